The van der Waals surface area contributed by atoms with Crippen LogP contribution in [-0.2, 0) is 28.5 Å². The normalized spacial score (nSPS) is 12.3. The van der Waals surface area contributed by atoms with Crippen molar-refractivity contribution in [2.45, 2.75) is 383 Å². The third-order valence-corrected chi connectivity index (χ3v) is 18.7. The first kappa shape index (κ1) is 90.7. The molecule has 0 rings (SSSR count). The molecule has 0 aliphatic heterocycles. The lowest BCUT2D eigenvalue weighted by Crippen LogP contribution is -2.53. The van der Waals surface area contributed by atoms with Gasteiger partial charge in [0.1, 0.15) is 35.0 Å². The second-order valence-electron chi connectivity index (χ2n) is 30.5. The van der Waals surface area contributed by atoms with Crippen LogP contribution in [0.4, 0.5) is 19.2 Å². The van der Waals surface area contributed by atoms with Crippen LogP contribution in [0.15, 0.2) is 0 Å². The van der Waals surface area contributed by atoms with Gasteiger partial charge in [-0.05, 0) is 128 Å². The van der Waals surface area contributed by atoms with Crippen LogP contribution in [0.1, 0.15) is 354 Å². The van der Waals surface area contributed by atoms with Gasteiger partial charge in [-0.1, -0.05) is 248 Å². The van der Waals surface area contributed by atoms with Crippen molar-refractivity contribution in [3.8, 4) is 0 Å². The van der Waals surface area contributed by atoms with Crippen LogP contribution >= 0.6 is 21.6 Å². The van der Waals surface area contributed by atoms with Crippen molar-refractivity contribution in [1.82, 2.24) is 30.2 Å². The van der Waals surface area contributed by atoms with Gasteiger partial charge in [0, 0.05) is 63.9 Å². The highest BCUT2D eigenvalue weighted by Gasteiger charge is 2.31. The number of amides is 6. The Hall–Kier alpha value is -3.28. The summed E-state index contributed by atoms with van der Waals surface area (Å²) in [4.78, 5) is 89.6. The highest BCUT2D eigenvalue weighted by atomic mass is 33.1. The molecule has 0 saturated carbocycles. The Bertz CT molecular complexity index is 1870. The molecule has 6 amide bonds. The lowest BCUT2D eigenvalue weighted by atomic mass is 10.0. The number of carbonyl (C=O) groups is 6. The predicted octanol–water partition coefficient (Wildman–Crippen LogP) is 21.2. The number of hydrogen-bond acceptors (Lipinski definition) is 12. The highest BCUT2D eigenvalue weighted by Crippen LogP contribution is 2.25. The predicted molar refractivity (Wildman–Crippen MR) is 398 cm³/mol. The van der Waals surface area contributed by atoms with E-state index in [1.165, 1.54) is 172 Å². The van der Waals surface area contributed by atoms with E-state index in [2.05, 4.69) is 31.4 Å². The average molecular weight is 1370 g/mol. The molecule has 0 bridgehead atoms. The van der Waals surface area contributed by atoms with Crippen molar-refractivity contribution < 1.29 is 47.7 Å². The van der Waals surface area contributed by atoms with Crippen molar-refractivity contribution in [2.24, 2.45) is 0 Å². The minimum absolute atomic E-state index is 0.0573. The van der Waals surface area contributed by atoms with Gasteiger partial charge >= 0.3 is 24.4 Å². The van der Waals surface area contributed by atoms with Crippen LogP contribution < -0.4 is 10.6 Å². The molecule has 0 fully saturated rings. The molecule has 0 unspecified atom stereocenters. The molecule has 18 heteroatoms. The van der Waals surface area contributed by atoms with E-state index < -0.39 is 58.7 Å². The minimum atomic E-state index is -0.847. The smallest absolute Gasteiger partial charge is 0.410 e. The summed E-state index contributed by atoms with van der Waals surface area (Å²) < 4.78 is 22.9. The van der Waals surface area contributed by atoms with E-state index in [1.807, 2.05) is 46.4 Å². The van der Waals surface area contributed by atoms with Gasteiger partial charge in [0.15, 0.2) is 0 Å². The Kier molecular flexibility index (Phi) is 54.6. The summed E-state index contributed by atoms with van der Waals surface area (Å²) in [6, 6.07) is -0.776. The summed E-state index contributed by atoms with van der Waals surface area (Å²) in [7, 11) is 3.38. The summed E-state index contributed by atoms with van der Waals surface area (Å²) in [6.45, 7) is 31.0. The number of rotatable bonds is 58. The van der Waals surface area contributed by atoms with Crippen molar-refractivity contribution in [1.29, 1.82) is 0 Å². The summed E-state index contributed by atoms with van der Waals surface area (Å²) >= 11 is 0. The van der Waals surface area contributed by atoms with Gasteiger partial charge in [0.2, 0.25) is 11.8 Å². The monoisotopic (exact) mass is 1370 g/mol. The Labute approximate surface area is 585 Å². The highest BCUT2D eigenvalue weighted by molar-refractivity contribution is 8.76. The molecule has 0 aliphatic carbocycles. The van der Waals surface area contributed by atoms with Gasteiger partial charge in [-0.2, -0.15) is 0 Å². The van der Waals surface area contributed by atoms with Crippen LogP contribution in [-0.4, -0.2) is 155 Å². The Morgan fingerprint density at radius 1 is 0.330 bits per heavy atom. The van der Waals surface area contributed by atoms with E-state index in [1.54, 1.807) is 72.9 Å². The maximum absolute atomic E-state index is 15.0. The maximum Gasteiger partial charge on any atom is 0.410 e. The largest absolute Gasteiger partial charge is 0.444 e. The molecule has 0 aromatic heterocycles. The first-order valence-electron chi connectivity index (χ1n) is 38.3. The van der Waals surface area contributed by atoms with Crippen molar-refractivity contribution in [3.05, 3.63) is 0 Å². The molecule has 0 aromatic rings. The summed E-state index contributed by atoms with van der Waals surface area (Å²) in [6.07, 6.45) is 44.2. The van der Waals surface area contributed by atoms with Crippen LogP contribution in [0, 0.1) is 0 Å². The third kappa shape index (κ3) is 57.8. The van der Waals surface area contributed by atoms with E-state index in [-0.39, 0.29) is 25.5 Å². The number of unbranched alkanes of at least 4 members (excludes halogenated alkanes) is 33. The number of alkyl carbamates (subject to hydrolysis) is 1. The fourth-order valence-corrected chi connectivity index (χ4v) is 13.4. The molecular weight excluding hydrogens is 1220 g/mol. The van der Waals surface area contributed by atoms with Crippen molar-refractivity contribution >= 4 is 57.8 Å². The Morgan fingerprint density at radius 3 is 0.979 bits per heavy atom. The summed E-state index contributed by atoms with van der Waals surface area (Å²) in [5, 5.41) is 5.89. The number of carbonyl (C=O) groups excluding carboxylic acids is 6. The van der Waals surface area contributed by atoms with Crippen LogP contribution in [0.5, 0.6) is 0 Å². The number of ether oxygens (including phenoxy) is 4. The first-order chi connectivity index (χ1) is 44.6. The van der Waals surface area contributed by atoms with Crippen LogP contribution in [0.2, 0.25) is 0 Å². The standard InChI is InChI=1S/C76H148N6O10S2/c1-16-19-22-24-26-28-30-32-34-36-38-40-42-44-46-48-56-79(57-49-47-45-43-41-39-37-35-33-31-29-27-25-23-20-17-2)68(84)66(65-94-93-63-52-21-18-3)78-67(83)64-82(72(88)92-76(13,14)15)62-54-61-81(71(87)91-75(10,11)12)59-51-50-58-80(70(86)90-74(7,8)9)60-53-55-77-69(85)89-73(4,5)6/h66H,16-65H2,1-15H3,(H,77,85)(H,78,83)/t66-/m0/s1. The van der Waals surface area contributed by atoms with E-state index in [0.717, 1.165) is 63.5 Å². The molecule has 1 atom stereocenters. The van der Waals surface area contributed by atoms with Crippen LogP contribution in [0.3, 0.4) is 0 Å². The molecule has 94 heavy (non-hydrogen) atoms. The van der Waals surface area contributed by atoms with Gasteiger partial charge in [0.25, 0.3) is 0 Å². The number of hydrogen-bond donors (Lipinski definition) is 2. The molecule has 0 radical (unpaired) electrons. The zero-order valence-corrected chi connectivity index (χ0v) is 65.3. The van der Waals surface area contributed by atoms with Crippen LogP contribution in [0.25, 0.3) is 0 Å². The molecule has 0 saturated heterocycles. The topological polar surface area (TPSA) is 176 Å². The zero-order chi connectivity index (χ0) is 70.4. The molecule has 16 nitrogen and oxygen atoms in total. The fourth-order valence-electron chi connectivity index (χ4n) is 11.1. The lowest BCUT2D eigenvalue weighted by molar-refractivity contribution is -0.136. The molecule has 0 aliphatic rings. The summed E-state index contributed by atoms with van der Waals surface area (Å²) in [5.41, 5.74) is -2.97. The molecular formula is C76H148N6O10S2. The molecule has 0 spiro atoms. The minimum Gasteiger partial charge on any atom is -0.444 e. The van der Waals surface area contributed by atoms with E-state index in [0.29, 0.717) is 70.7 Å². The second-order valence-corrected chi connectivity index (χ2v) is 33.2. The quantitative estimate of drug-likeness (QED) is 0.0335. The average Bonchev–Trinajstić information content (AvgIpc) is 1.09. The lowest BCUT2D eigenvalue weighted by Gasteiger charge is -2.31. The van der Waals surface area contributed by atoms with Gasteiger partial charge < -0.3 is 44.3 Å². The first-order valence-corrected chi connectivity index (χ1v) is 40.8. The Morgan fingerprint density at radius 2 is 0.617 bits per heavy atom. The Balaban J connectivity index is 6.27. The third-order valence-electron chi connectivity index (χ3n) is 16.2. The van der Waals surface area contributed by atoms with E-state index in [4.69, 9.17) is 18.9 Å². The summed E-state index contributed by atoms with van der Waals surface area (Å²) in [5.74, 6) is 0.875. The second kappa shape index (κ2) is 56.6. The molecule has 0 aromatic carbocycles. The van der Waals surface area contributed by atoms with Gasteiger partial charge in [-0.3, -0.25) is 14.5 Å². The zero-order valence-electron chi connectivity index (χ0n) is 63.6. The fraction of sp³-hybridized carbons (Fsp3) is 0.921. The molecule has 2 N–H and O–H groups in total. The number of nitrogens with one attached hydrogen (secondary N) is 2. The van der Waals surface area contributed by atoms with Gasteiger partial charge in [-0.15, -0.1) is 0 Å². The van der Waals surface area contributed by atoms with Crippen molar-refractivity contribution in [3.63, 3.8) is 0 Å². The van der Waals surface area contributed by atoms with Gasteiger partial charge in [-0.25, -0.2) is 19.2 Å². The van der Waals surface area contributed by atoms with E-state index in [9.17, 15) is 28.8 Å². The SMILES string of the molecule is CCCCCCCCCCCCCCCCCCN(CCCCCCCCCCCCCCCCCC)C(=O)[C@H](CSSCCCCC)NC(=O)CN(CCCN(CCCCN(CCCNC(=O)OC(C)(C)C)C(=O)OC(C)(C)C)C(=O)OC(C)(C)C)C(=O)OC(C)(C)C. The molecule has 554 valence electrons. The molecule has 0 heterocycles. The number of nitrogens with zero attached hydrogens (tertiary/aromatic N) is 4. The maximum atomic E-state index is 15.0. The van der Waals surface area contributed by atoms with Gasteiger partial charge in [0.05, 0.1) is 0 Å². The van der Waals surface area contributed by atoms with E-state index >= 15 is 0 Å². The van der Waals surface area contributed by atoms with Crippen molar-refractivity contribution in [2.75, 3.05) is 70.4 Å².